The molecule has 0 spiro atoms. The van der Waals surface area contributed by atoms with Crippen molar-refractivity contribution in [2.75, 3.05) is 18.4 Å². The third kappa shape index (κ3) is 6.29. The Labute approximate surface area is 219 Å². The fourth-order valence-corrected chi connectivity index (χ4v) is 4.92. The fourth-order valence-electron chi connectivity index (χ4n) is 3.87. The summed E-state index contributed by atoms with van der Waals surface area (Å²) in [7, 11) is 0. The number of benzene rings is 2. The predicted octanol–water partition coefficient (Wildman–Crippen LogP) is 6.38. The number of aromatic nitrogens is 1. The summed E-state index contributed by atoms with van der Waals surface area (Å²) in [4.78, 5) is 31.6. The lowest BCUT2D eigenvalue weighted by molar-refractivity contribution is -0.137. The van der Waals surface area contributed by atoms with Crippen molar-refractivity contribution in [1.82, 2.24) is 15.2 Å². The minimum Gasteiger partial charge on any atom is -0.352 e. The van der Waals surface area contributed by atoms with Crippen molar-refractivity contribution < 1.29 is 22.8 Å². The number of halogens is 5. The summed E-state index contributed by atoms with van der Waals surface area (Å²) in [5.74, 6) is -1.07. The van der Waals surface area contributed by atoms with Crippen LogP contribution in [0.3, 0.4) is 0 Å². The molecule has 1 fully saturated rings. The summed E-state index contributed by atoms with van der Waals surface area (Å²) in [6, 6.07) is 9.97. The van der Waals surface area contributed by atoms with Gasteiger partial charge in [0.05, 0.1) is 27.2 Å². The molecule has 4 rings (SSSR count). The Kier molecular flexibility index (Phi) is 8.07. The highest BCUT2D eigenvalue weighted by Gasteiger charge is 2.31. The van der Waals surface area contributed by atoms with Crippen LogP contribution in [0.25, 0.3) is 0 Å². The molecule has 1 atom stereocenters. The van der Waals surface area contributed by atoms with Gasteiger partial charge in [-0.15, -0.1) is 11.3 Å². The van der Waals surface area contributed by atoms with Gasteiger partial charge in [-0.3, -0.25) is 9.59 Å². The largest absolute Gasteiger partial charge is 0.416 e. The Balaban J connectivity index is 1.35. The van der Waals surface area contributed by atoms with Crippen LogP contribution in [0, 0.1) is 5.92 Å². The molecule has 3 aromatic rings. The number of carbonyl (C=O) groups is 2. The van der Waals surface area contributed by atoms with Crippen molar-refractivity contribution in [2.45, 2.75) is 25.6 Å². The van der Waals surface area contributed by atoms with E-state index >= 15 is 0 Å². The summed E-state index contributed by atoms with van der Waals surface area (Å²) in [6.07, 6.45) is -3.24. The van der Waals surface area contributed by atoms with E-state index in [0.29, 0.717) is 45.8 Å². The Morgan fingerprint density at radius 1 is 1.17 bits per heavy atom. The van der Waals surface area contributed by atoms with Gasteiger partial charge in [0.2, 0.25) is 5.91 Å². The highest BCUT2D eigenvalue weighted by Crippen LogP contribution is 2.33. The molecule has 190 valence electrons. The maximum atomic E-state index is 13.0. The molecule has 2 N–H and O–H groups in total. The third-order valence-electron chi connectivity index (χ3n) is 5.72. The number of carbonyl (C=O) groups excluding carboxylic acids is 2. The highest BCUT2D eigenvalue weighted by atomic mass is 35.5. The maximum Gasteiger partial charge on any atom is 0.416 e. The normalized spacial score (nSPS) is 16.0. The highest BCUT2D eigenvalue weighted by molar-refractivity contribution is 7.14. The topological polar surface area (TPSA) is 74.3 Å². The number of thiazole rings is 1. The molecule has 1 aromatic heterocycles. The van der Waals surface area contributed by atoms with Crippen LogP contribution in [0.1, 0.15) is 34.5 Å². The molecule has 0 aliphatic carbocycles. The maximum absolute atomic E-state index is 13.0. The van der Waals surface area contributed by atoms with Crippen LogP contribution < -0.4 is 10.6 Å². The monoisotopic (exact) mass is 556 g/mol. The number of anilines is 2. The second-order valence-corrected chi connectivity index (χ2v) is 9.91. The van der Waals surface area contributed by atoms with Crippen molar-refractivity contribution in [3.63, 3.8) is 0 Å². The fraction of sp³-hybridized carbons (Fsp3) is 0.292. The molecular formula is C24H21Cl2F3N4O2S. The lowest BCUT2D eigenvalue weighted by Gasteiger charge is -2.31. The minimum absolute atomic E-state index is 0.0274. The van der Waals surface area contributed by atoms with E-state index in [1.54, 1.807) is 28.5 Å². The summed E-state index contributed by atoms with van der Waals surface area (Å²) >= 11 is 13.5. The Morgan fingerprint density at radius 3 is 2.72 bits per heavy atom. The Bertz CT molecular complexity index is 1270. The number of rotatable bonds is 6. The number of hydrogen-bond acceptors (Lipinski definition) is 5. The van der Waals surface area contributed by atoms with E-state index < -0.39 is 17.7 Å². The number of alkyl halides is 3. The zero-order chi connectivity index (χ0) is 25.9. The van der Waals surface area contributed by atoms with Crippen molar-refractivity contribution >= 4 is 57.2 Å². The molecule has 1 aliphatic heterocycles. The average Bonchev–Trinajstić information content (AvgIpc) is 3.33. The molecule has 2 amide bonds. The second kappa shape index (κ2) is 11.1. The van der Waals surface area contributed by atoms with Crippen LogP contribution in [0.2, 0.25) is 10.0 Å². The van der Waals surface area contributed by atoms with Crippen molar-refractivity contribution in [3.8, 4) is 0 Å². The van der Waals surface area contributed by atoms with Crippen LogP contribution in [0.4, 0.5) is 24.0 Å². The number of amides is 2. The molecule has 1 aliphatic rings. The van der Waals surface area contributed by atoms with Crippen LogP contribution in [-0.4, -0.2) is 34.8 Å². The second-order valence-electron chi connectivity index (χ2n) is 8.27. The van der Waals surface area contributed by atoms with Gasteiger partial charge in [0, 0.05) is 25.0 Å². The first-order valence-corrected chi connectivity index (χ1v) is 12.6. The van der Waals surface area contributed by atoms with Gasteiger partial charge in [-0.05, 0) is 42.7 Å². The first-order chi connectivity index (χ1) is 17.1. The molecule has 36 heavy (non-hydrogen) atoms. The van der Waals surface area contributed by atoms with E-state index in [-0.39, 0.29) is 30.6 Å². The van der Waals surface area contributed by atoms with E-state index in [1.165, 1.54) is 23.5 Å². The van der Waals surface area contributed by atoms with E-state index in [9.17, 15) is 22.8 Å². The lowest BCUT2D eigenvalue weighted by atomic mass is 9.96. The SMILES string of the molecule is O=C(NCc1cccc(C(F)(F)F)c1)C1CCCN(C(=O)c2csc(Nc3cccc(Cl)c3Cl)n2)C1. The molecule has 2 aromatic carbocycles. The van der Waals surface area contributed by atoms with E-state index in [1.807, 2.05) is 0 Å². The van der Waals surface area contributed by atoms with Gasteiger partial charge in [0.25, 0.3) is 5.91 Å². The van der Waals surface area contributed by atoms with Crippen molar-refractivity contribution in [2.24, 2.45) is 5.92 Å². The first kappa shape index (κ1) is 26.2. The zero-order valence-electron chi connectivity index (χ0n) is 18.7. The molecule has 1 saturated heterocycles. The number of piperidine rings is 1. The van der Waals surface area contributed by atoms with Gasteiger partial charge in [0.1, 0.15) is 5.69 Å². The summed E-state index contributed by atoms with van der Waals surface area (Å²) < 4.78 is 38.7. The average molecular weight is 557 g/mol. The van der Waals surface area contributed by atoms with Crippen LogP contribution in [-0.2, 0) is 17.5 Å². The number of likely N-dealkylation sites (tertiary alicyclic amines) is 1. The predicted molar refractivity (Wildman–Crippen MR) is 134 cm³/mol. The van der Waals surface area contributed by atoms with E-state index in [2.05, 4.69) is 15.6 Å². The van der Waals surface area contributed by atoms with Gasteiger partial charge in [-0.2, -0.15) is 13.2 Å². The number of nitrogens with zero attached hydrogens (tertiary/aromatic N) is 2. The summed E-state index contributed by atoms with van der Waals surface area (Å²) in [5.41, 5.74) is 0.390. The van der Waals surface area contributed by atoms with Crippen LogP contribution in [0.5, 0.6) is 0 Å². The molecule has 1 unspecified atom stereocenters. The standard InChI is InChI=1S/C24H21Cl2F3N4O2S/c25-17-7-2-8-18(20(17)26)31-23-32-19(13-36-23)22(35)33-9-3-5-15(12-33)21(34)30-11-14-4-1-6-16(10-14)24(27,28)29/h1-2,4,6-8,10,13,15H,3,5,9,11-12H2,(H,30,34)(H,31,32). The lowest BCUT2D eigenvalue weighted by Crippen LogP contribution is -2.45. The number of nitrogens with one attached hydrogen (secondary N) is 2. The van der Waals surface area contributed by atoms with E-state index in [4.69, 9.17) is 23.2 Å². The first-order valence-electron chi connectivity index (χ1n) is 11.0. The van der Waals surface area contributed by atoms with Crippen LogP contribution in [0.15, 0.2) is 47.8 Å². The Morgan fingerprint density at radius 2 is 1.94 bits per heavy atom. The molecule has 12 heteroatoms. The summed E-state index contributed by atoms with van der Waals surface area (Å²) in [6.45, 7) is 0.657. The smallest absolute Gasteiger partial charge is 0.352 e. The van der Waals surface area contributed by atoms with Crippen LogP contribution >= 0.6 is 34.5 Å². The number of hydrogen-bond donors (Lipinski definition) is 2. The molecule has 0 radical (unpaired) electrons. The third-order valence-corrected chi connectivity index (χ3v) is 7.29. The molecule has 6 nitrogen and oxygen atoms in total. The zero-order valence-corrected chi connectivity index (χ0v) is 21.1. The van der Waals surface area contributed by atoms with Gasteiger partial charge >= 0.3 is 6.18 Å². The Hall–Kier alpha value is -2.82. The molecule has 2 heterocycles. The van der Waals surface area contributed by atoms with Crippen molar-refractivity contribution in [1.29, 1.82) is 0 Å². The molecular weight excluding hydrogens is 536 g/mol. The van der Waals surface area contributed by atoms with Gasteiger partial charge in [-0.1, -0.05) is 41.4 Å². The van der Waals surface area contributed by atoms with E-state index in [0.717, 1.165) is 12.1 Å². The van der Waals surface area contributed by atoms with Gasteiger partial charge < -0.3 is 15.5 Å². The van der Waals surface area contributed by atoms with Crippen molar-refractivity contribution in [3.05, 3.63) is 74.7 Å². The quantitative estimate of drug-likeness (QED) is 0.369. The minimum atomic E-state index is -4.45. The van der Waals surface area contributed by atoms with Gasteiger partial charge in [0.15, 0.2) is 5.13 Å². The van der Waals surface area contributed by atoms with Gasteiger partial charge in [-0.25, -0.2) is 4.98 Å². The molecule has 0 bridgehead atoms. The summed E-state index contributed by atoms with van der Waals surface area (Å²) in [5, 5.41) is 8.57. The molecule has 0 saturated carbocycles.